The number of carbonyl (C=O) groups is 1. The predicted molar refractivity (Wildman–Crippen MR) is 93.1 cm³/mol. The van der Waals surface area contributed by atoms with Gasteiger partial charge < -0.3 is 4.90 Å². The van der Waals surface area contributed by atoms with Gasteiger partial charge in [-0.25, -0.2) is 4.39 Å². The summed E-state index contributed by atoms with van der Waals surface area (Å²) >= 11 is 0. The lowest BCUT2D eigenvalue weighted by Gasteiger charge is -2.18. The molecule has 1 aliphatic rings. The summed E-state index contributed by atoms with van der Waals surface area (Å²) in [7, 11) is -3.56. The summed E-state index contributed by atoms with van der Waals surface area (Å²) in [6, 6.07) is 14.1. The highest BCUT2D eigenvalue weighted by Gasteiger charge is 2.32. The van der Waals surface area contributed by atoms with E-state index in [1.54, 1.807) is 12.1 Å². The molecule has 0 aliphatic carbocycles. The molecule has 1 amide bonds. The number of anilines is 1. The van der Waals surface area contributed by atoms with E-state index in [0.717, 1.165) is 17.4 Å². The van der Waals surface area contributed by atoms with Gasteiger partial charge in [0.25, 0.3) is 10.1 Å². The van der Waals surface area contributed by atoms with Gasteiger partial charge in [0, 0.05) is 18.9 Å². The van der Waals surface area contributed by atoms with Crippen molar-refractivity contribution in [2.75, 3.05) is 24.3 Å². The fraction of sp³-hybridized carbons (Fsp3) is 0.278. The molecule has 132 valence electrons. The van der Waals surface area contributed by atoms with E-state index >= 15 is 0 Å². The summed E-state index contributed by atoms with van der Waals surface area (Å²) in [4.78, 5) is 13.5. The summed E-state index contributed by atoms with van der Waals surface area (Å²) in [5.74, 6) is -1.01. The monoisotopic (exact) mass is 363 g/mol. The number of halogens is 1. The van der Waals surface area contributed by atoms with E-state index in [4.69, 9.17) is 4.18 Å². The Balaban J connectivity index is 1.77. The third kappa shape index (κ3) is 4.24. The SMILES string of the molecule is CS(=O)(=O)OCC1CC(=O)N(c2ccc(-c3ccccc3)cc2F)C1. The second kappa shape index (κ2) is 6.93. The normalized spacial score (nSPS) is 17.9. The number of benzene rings is 2. The van der Waals surface area contributed by atoms with Gasteiger partial charge in [0.2, 0.25) is 5.91 Å². The maximum absolute atomic E-state index is 14.5. The van der Waals surface area contributed by atoms with Crippen molar-refractivity contribution in [1.82, 2.24) is 0 Å². The van der Waals surface area contributed by atoms with Crippen LogP contribution in [0.5, 0.6) is 0 Å². The first kappa shape index (κ1) is 17.6. The Morgan fingerprint density at radius 3 is 2.52 bits per heavy atom. The lowest BCUT2D eigenvalue weighted by atomic mass is 10.0. The molecule has 1 fully saturated rings. The molecule has 0 saturated carbocycles. The Kier molecular flexibility index (Phi) is 4.87. The molecule has 2 aromatic carbocycles. The van der Waals surface area contributed by atoms with Gasteiger partial charge in [0.15, 0.2) is 0 Å². The van der Waals surface area contributed by atoms with Gasteiger partial charge in [0.05, 0.1) is 18.6 Å². The zero-order chi connectivity index (χ0) is 18.0. The first-order valence-corrected chi connectivity index (χ1v) is 9.65. The minimum Gasteiger partial charge on any atom is -0.309 e. The molecular weight excluding hydrogens is 345 g/mol. The average Bonchev–Trinajstić information content (AvgIpc) is 2.94. The van der Waals surface area contributed by atoms with Crippen LogP contribution in [-0.4, -0.2) is 33.7 Å². The van der Waals surface area contributed by atoms with Crippen LogP contribution < -0.4 is 4.90 Å². The first-order chi connectivity index (χ1) is 11.8. The van der Waals surface area contributed by atoms with Crippen LogP contribution in [0.25, 0.3) is 11.1 Å². The summed E-state index contributed by atoms with van der Waals surface area (Å²) in [6.45, 7) is 0.154. The Labute approximate surface area is 146 Å². The van der Waals surface area contributed by atoms with Crippen molar-refractivity contribution in [2.24, 2.45) is 5.92 Å². The van der Waals surface area contributed by atoms with Crippen LogP contribution in [0.15, 0.2) is 48.5 Å². The van der Waals surface area contributed by atoms with Gasteiger partial charge >= 0.3 is 0 Å². The molecule has 2 aromatic rings. The zero-order valence-electron chi connectivity index (χ0n) is 13.7. The van der Waals surface area contributed by atoms with E-state index in [2.05, 4.69) is 0 Å². The minimum absolute atomic E-state index is 0.0786. The predicted octanol–water partition coefficient (Wildman–Crippen LogP) is 2.82. The quantitative estimate of drug-likeness (QED) is 0.767. The van der Waals surface area contributed by atoms with Crippen LogP contribution in [0, 0.1) is 11.7 Å². The Morgan fingerprint density at radius 1 is 1.16 bits per heavy atom. The maximum Gasteiger partial charge on any atom is 0.264 e. The highest BCUT2D eigenvalue weighted by atomic mass is 32.2. The van der Waals surface area contributed by atoms with Gasteiger partial charge in [-0.05, 0) is 23.3 Å². The number of hydrogen-bond acceptors (Lipinski definition) is 4. The van der Waals surface area contributed by atoms with E-state index in [1.807, 2.05) is 30.3 Å². The van der Waals surface area contributed by atoms with E-state index in [0.29, 0.717) is 0 Å². The van der Waals surface area contributed by atoms with Crippen LogP contribution in [-0.2, 0) is 19.1 Å². The summed E-state index contributed by atoms with van der Waals surface area (Å²) in [5.41, 5.74) is 1.82. The lowest BCUT2D eigenvalue weighted by molar-refractivity contribution is -0.117. The molecule has 0 aromatic heterocycles. The molecule has 1 heterocycles. The van der Waals surface area contributed by atoms with Gasteiger partial charge in [-0.15, -0.1) is 0 Å². The van der Waals surface area contributed by atoms with Gasteiger partial charge in [-0.2, -0.15) is 8.42 Å². The molecule has 0 bridgehead atoms. The first-order valence-electron chi connectivity index (χ1n) is 7.83. The molecule has 0 radical (unpaired) electrons. The van der Waals surface area contributed by atoms with Gasteiger partial charge in [0.1, 0.15) is 5.82 Å². The molecule has 1 unspecified atom stereocenters. The Morgan fingerprint density at radius 2 is 1.88 bits per heavy atom. The largest absolute Gasteiger partial charge is 0.309 e. The van der Waals surface area contributed by atoms with Crippen LogP contribution in [0.3, 0.4) is 0 Å². The average molecular weight is 363 g/mol. The fourth-order valence-electron chi connectivity index (χ4n) is 2.88. The van der Waals surface area contributed by atoms with Crippen molar-refractivity contribution in [2.45, 2.75) is 6.42 Å². The van der Waals surface area contributed by atoms with Crippen molar-refractivity contribution in [3.05, 3.63) is 54.3 Å². The number of amides is 1. The number of hydrogen-bond donors (Lipinski definition) is 0. The topological polar surface area (TPSA) is 63.7 Å². The fourth-order valence-corrected chi connectivity index (χ4v) is 3.32. The van der Waals surface area contributed by atoms with Crippen LogP contribution in [0.4, 0.5) is 10.1 Å². The van der Waals surface area contributed by atoms with Gasteiger partial charge in [-0.3, -0.25) is 8.98 Å². The minimum atomic E-state index is -3.56. The van der Waals surface area contributed by atoms with Crippen molar-refractivity contribution in [1.29, 1.82) is 0 Å². The lowest BCUT2D eigenvalue weighted by Crippen LogP contribution is -2.26. The Hall–Kier alpha value is -2.25. The van der Waals surface area contributed by atoms with Crippen LogP contribution in [0.1, 0.15) is 6.42 Å². The van der Waals surface area contributed by atoms with E-state index in [9.17, 15) is 17.6 Å². The summed E-state index contributed by atoms with van der Waals surface area (Å²) in [6.07, 6.45) is 1.10. The van der Waals surface area contributed by atoms with E-state index in [-0.39, 0.29) is 37.1 Å². The molecule has 5 nitrogen and oxygen atoms in total. The molecule has 7 heteroatoms. The molecule has 1 atom stereocenters. The number of carbonyl (C=O) groups excluding carboxylic acids is 1. The van der Waals surface area contributed by atoms with Crippen molar-refractivity contribution >= 4 is 21.7 Å². The molecule has 25 heavy (non-hydrogen) atoms. The highest BCUT2D eigenvalue weighted by molar-refractivity contribution is 7.85. The molecule has 0 N–H and O–H groups in total. The second-order valence-corrected chi connectivity index (χ2v) is 7.74. The zero-order valence-corrected chi connectivity index (χ0v) is 14.5. The smallest absolute Gasteiger partial charge is 0.264 e. The maximum atomic E-state index is 14.5. The highest BCUT2D eigenvalue weighted by Crippen LogP contribution is 2.31. The van der Waals surface area contributed by atoms with E-state index < -0.39 is 15.9 Å². The molecule has 1 saturated heterocycles. The molecule has 0 spiro atoms. The van der Waals surface area contributed by atoms with E-state index in [1.165, 1.54) is 11.0 Å². The third-order valence-corrected chi connectivity index (χ3v) is 4.63. The number of nitrogens with zero attached hydrogens (tertiary/aromatic N) is 1. The van der Waals surface area contributed by atoms with Crippen LogP contribution in [0.2, 0.25) is 0 Å². The van der Waals surface area contributed by atoms with Gasteiger partial charge in [-0.1, -0.05) is 36.4 Å². The number of rotatable bonds is 5. The molecule has 3 rings (SSSR count). The second-order valence-electron chi connectivity index (χ2n) is 6.10. The van der Waals surface area contributed by atoms with Crippen molar-refractivity contribution in [3.63, 3.8) is 0 Å². The van der Waals surface area contributed by atoms with Crippen molar-refractivity contribution in [3.8, 4) is 11.1 Å². The van der Waals surface area contributed by atoms with Crippen LogP contribution >= 0.6 is 0 Å². The Bertz CT molecular complexity index is 883. The molecular formula is C18H18FNO4S. The summed E-state index contributed by atoms with van der Waals surface area (Å²) < 4.78 is 41.4. The standard InChI is InChI=1S/C18H18FNO4S/c1-25(22,23)24-12-13-9-18(21)20(11-13)17-8-7-15(10-16(17)19)14-5-3-2-4-6-14/h2-8,10,13H,9,11-12H2,1H3. The summed E-state index contributed by atoms with van der Waals surface area (Å²) in [5, 5.41) is 0. The van der Waals surface area contributed by atoms with Crippen molar-refractivity contribution < 1.29 is 21.8 Å². The molecule has 1 aliphatic heterocycles. The third-order valence-electron chi connectivity index (χ3n) is 4.07.